The average Bonchev–Trinajstić information content (AvgIpc) is 3.20. The minimum absolute atomic E-state index is 0.320. The predicted octanol–water partition coefficient (Wildman–Crippen LogP) is -0.201. The summed E-state index contributed by atoms with van der Waals surface area (Å²) in [6.07, 6.45) is 2.54. The Labute approximate surface area is 120 Å². The zero-order valence-corrected chi connectivity index (χ0v) is 12.2. The molecule has 2 N–H and O–H groups in total. The van der Waals surface area contributed by atoms with Crippen molar-refractivity contribution in [3.05, 3.63) is 20.8 Å². The summed E-state index contributed by atoms with van der Waals surface area (Å²) < 4.78 is 7.92. The van der Waals surface area contributed by atoms with Crippen molar-refractivity contribution in [3.63, 3.8) is 0 Å². The van der Waals surface area contributed by atoms with E-state index >= 15 is 0 Å². The van der Waals surface area contributed by atoms with Crippen molar-refractivity contribution in [2.45, 2.75) is 12.8 Å². The number of imidazole rings is 1. The number of ether oxygens (including phenoxy) is 1. The maximum Gasteiger partial charge on any atom is 0.332 e. The summed E-state index contributed by atoms with van der Waals surface area (Å²) >= 11 is 0. The first-order valence-electron chi connectivity index (χ1n) is 7.05. The predicted molar refractivity (Wildman–Crippen MR) is 78.6 cm³/mol. The Hall–Kier alpha value is -2.09. The van der Waals surface area contributed by atoms with Gasteiger partial charge in [0.25, 0.3) is 5.56 Å². The molecule has 1 aliphatic rings. The largest absolute Gasteiger partial charge is 0.379 e. The average molecular weight is 293 g/mol. The Morgan fingerprint density at radius 3 is 2.81 bits per heavy atom. The molecular formula is C13H19N5O3. The van der Waals surface area contributed by atoms with E-state index in [2.05, 4.69) is 15.3 Å². The molecule has 1 aliphatic carbocycles. The fraction of sp³-hybridized carbons (Fsp3) is 0.615. The van der Waals surface area contributed by atoms with Crippen LogP contribution in [0.15, 0.2) is 9.59 Å². The van der Waals surface area contributed by atoms with Crippen LogP contribution in [0.25, 0.3) is 11.2 Å². The summed E-state index contributed by atoms with van der Waals surface area (Å²) in [6, 6.07) is 0. The molecular weight excluding hydrogens is 274 g/mol. The summed E-state index contributed by atoms with van der Waals surface area (Å²) in [5.74, 6) is 1.21. The van der Waals surface area contributed by atoms with E-state index in [9.17, 15) is 9.59 Å². The molecule has 8 heteroatoms. The van der Waals surface area contributed by atoms with Crippen molar-refractivity contribution >= 4 is 17.1 Å². The minimum atomic E-state index is -0.390. The molecule has 3 rings (SSSR count). The molecule has 1 fully saturated rings. The second kappa shape index (κ2) is 5.36. The highest BCUT2D eigenvalue weighted by Crippen LogP contribution is 2.28. The summed E-state index contributed by atoms with van der Waals surface area (Å²) in [7, 11) is 3.04. The number of aromatic amines is 1. The highest BCUT2D eigenvalue weighted by Gasteiger charge is 2.20. The van der Waals surface area contributed by atoms with Crippen LogP contribution >= 0.6 is 0 Å². The Morgan fingerprint density at radius 1 is 1.33 bits per heavy atom. The van der Waals surface area contributed by atoms with Gasteiger partial charge in [-0.05, 0) is 18.8 Å². The molecule has 0 atom stereocenters. The van der Waals surface area contributed by atoms with Crippen LogP contribution in [-0.4, -0.2) is 38.9 Å². The number of aryl methyl sites for hydroxylation is 1. The molecule has 0 amide bonds. The lowest BCUT2D eigenvalue weighted by molar-refractivity contribution is 0.134. The lowest BCUT2D eigenvalue weighted by Gasteiger charge is -2.03. The van der Waals surface area contributed by atoms with Crippen LogP contribution < -0.4 is 16.6 Å². The van der Waals surface area contributed by atoms with Crippen molar-refractivity contribution in [1.29, 1.82) is 0 Å². The number of hydrogen-bond acceptors (Lipinski definition) is 5. The molecule has 114 valence electrons. The van der Waals surface area contributed by atoms with Crippen LogP contribution in [-0.2, 0) is 18.8 Å². The summed E-state index contributed by atoms with van der Waals surface area (Å²) in [5, 5.41) is 3.07. The van der Waals surface area contributed by atoms with Crippen molar-refractivity contribution in [2.75, 3.05) is 25.1 Å². The van der Waals surface area contributed by atoms with Gasteiger partial charge in [0, 0.05) is 27.2 Å². The van der Waals surface area contributed by atoms with Gasteiger partial charge in [-0.15, -0.1) is 0 Å². The quantitative estimate of drug-likeness (QED) is 0.719. The SMILES string of the molecule is Cn1c(=O)c2[nH]c(NCCOCC3CC3)nc2n(C)c1=O. The molecule has 0 unspecified atom stereocenters. The highest BCUT2D eigenvalue weighted by molar-refractivity contribution is 5.72. The van der Waals surface area contributed by atoms with E-state index in [0.29, 0.717) is 30.3 Å². The van der Waals surface area contributed by atoms with E-state index in [1.54, 1.807) is 7.05 Å². The van der Waals surface area contributed by atoms with E-state index in [-0.39, 0.29) is 5.56 Å². The second-order valence-electron chi connectivity index (χ2n) is 5.43. The van der Waals surface area contributed by atoms with Gasteiger partial charge in [-0.1, -0.05) is 0 Å². The summed E-state index contributed by atoms with van der Waals surface area (Å²) in [5.41, 5.74) is -0.0950. The molecule has 8 nitrogen and oxygen atoms in total. The first-order chi connectivity index (χ1) is 10.1. The maximum atomic E-state index is 12.0. The van der Waals surface area contributed by atoms with Gasteiger partial charge < -0.3 is 15.0 Å². The number of rotatable bonds is 6. The molecule has 2 aromatic rings. The number of aromatic nitrogens is 4. The Balaban J connectivity index is 1.71. The lowest BCUT2D eigenvalue weighted by atomic mass is 10.5. The van der Waals surface area contributed by atoms with Gasteiger partial charge in [-0.25, -0.2) is 4.79 Å². The van der Waals surface area contributed by atoms with E-state index in [0.717, 1.165) is 17.1 Å². The molecule has 21 heavy (non-hydrogen) atoms. The standard InChI is InChI=1S/C13H19N5O3/c1-17-10-9(11(19)18(2)13(17)20)15-12(16-10)14-5-6-21-7-8-3-4-8/h8H,3-7H2,1-2H3,(H2,14,15,16). The third-order valence-electron chi connectivity index (χ3n) is 3.68. The smallest absolute Gasteiger partial charge is 0.332 e. The third kappa shape index (κ3) is 2.71. The van der Waals surface area contributed by atoms with Crippen molar-refractivity contribution < 1.29 is 4.74 Å². The zero-order chi connectivity index (χ0) is 15.0. The molecule has 0 saturated heterocycles. The molecule has 1 saturated carbocycles. The molecule has 0 bridgehead atoms. The van der Waals surface area contributed by atoms with E-state index in [1.165, 1.54) is 24.5 Å². The van der Waals surface area contributed by atoms with Gasteiger partial charge in [-0.2, -0.15) is 4.98 Å². The van der Waals surface area contributed by atoms with Gasteiger partial charge in [0.1, 0.15) is 0 Å². The number of fused-ring (bicyclic) bond motifs is 1. The van der Waals surface area contributed by atoms with Crippen LogP contribution in [0, 0.1) is 5.92 Å². The fourth-order valence-electron chi connectivity index (χ4n) is 2.19. The van der Waals surface area contributed by atoms with Crippen LogP contribution in [0.5, 0.6) is 0 Å². The lowest BCUT2D eigenvalue weighted by Crippen LogP contribution is -2.36. The number of H-pyrrole nitrogens is 1. The summed E-state index contributed by atoms with van der Waals surface area (Å²) in [6.45, 7) is 2.00. The Morgan fingerprint density at radius 2 is 2.10 bits per heavy atom. The van der Waals surface area contributed by atoms with Gasteiger partial charge in [0.15, 0.2) is 11.2 Å². The van der Waals surface area contributed by atoms with E-state index < -0.39 is 5.69 Å². The first-order valence-corrected chi connectivity index (χ1v) is 7.05. The molecule has 0 spiro atoms. The Bertz CT molecular complexity index is 768. The number of nitrogens with zero attached hydrogens (tertiary/aromatic N) is 3. The van der Waals surface area contributed by atoms with Crippen LogP contribution in [0.3, 0.4) is 0 Å². The van der Waals surface area contributed by atoms with Crippen molar-refractivity contribution in [2.24, 2.45) is 20.0 Å². The first kappa shape index (κ1) is 13.9. The zero-order valence-electron chi connectivity index (χ0n) is 12.2. The normalized spacial score (nSPS) is 14.8. The molecule has 0 aliphatic heterocycles. The minimum Gasteiger partial charge on any atom is -0.379 e. The highest BCUT2D eigenvalue weighted by atomic mass is 16.5. The van der Waals surface area contributed by atoms with Gasteiger partial charge in [0.2, 0.25) is 5.95 Å². The molecule has 2 aromatic heterocycles. The van der Waals surface area contributed by atoms with Gasteiger partial charge >= 0.3 is 5.69 Å². The molecule has 0 radical (unpaired) electrons. The van der Waals surface area contributed by atoms with Crippen LogP contribution in [0.2, 0.25) is 0 Å². The molecule has 2 heterocycles. The number of nitrogens with one attached hydrogen (secondary N) is 2. The van der Waals surface area contributed by atoms with E-state index in [4.69, 9.17) is 4.74 Å². The van der Waals surface area contributed by atoms with Crippen molar-refractivity contribution in [3.8, 4) is 0 Å². The number of anilines is 1. The molecule has 0 aromatic carbocycles. The van der Waals surface area contributed by atoms with Gasteiger partial charge in [0.05, 0.1) is 6.61 Å². The second-order valence-corrected chi connectivity index (χ2v) is 5.43. The number of hydrogen-bond donors (Lipinski definition) is 2. The van der Waals surface area contributed by atoms with Gasteiger partial charge in [-0.3, -0.25) is 13.9 Å². The monoisotopic (exact) mass is 293 g/mol. The third-order valence-corrected chi connectivity index (χ3v) is 3.68. The van der Waals surface area contributed by atoms with Crippen molar-refractivity contribution in [1.82, 2.24) is 19.1 Å². The topological polar surface area (TPSA) is 93.9 Å². The summed E-state index contributed by atoms with van der Waals surface area (Å²) in [4.78, 5) is 31.0. The van der Waals surface area contributed by atoms with Crippen LogP contribution in [0.4, 0.5) is 5.95 Å². The Kier molecular flexibility index (Phi) is 3.54. The van der Waals surface area contributed by atoms with E-state index in [1.807, 2.05) is 0 Å². The van der Waals surface area contributed by atoms with Crippen LogP contribution in [0.1, 0.15) is 12.8 Å². The maximum absolute atomic E-state index is 12.0. The fourth-order valence-corrected chi connectivity index (χ4v) is 2.19.